The second kappa shape index (κ2) is 9.19. The SMILES string of the molecule is Cc1cc(Nc2cc(C)[nH]n2)nc(C2(O)CC(C)(C(=O)C[C@@H](C)c3ccc(-n4cc(F)cn4)nc3)C2)c1. The lowest BCUT2D eigenvalue weighted by Crippen LogP contribution is -2.52. The lowest BCUT2D eigenvalue weighted by molar-refractivity contribution is -0.162. The van der Waals surface area contributed by atoms with E-state index in [4.69, 9.17) is 0 Å². The van der Waals surface area contributed by atoms with Crippen LogP contribution in [0.1, 0.15) is 61.5 Å². The summed E-state index contributed by atoms with van der Waals surface area (Å²) in [6.07, 6.45) is 5.03. The zero-order valence-electron chi connectivity index (χ0n) is 21.3. The molecule has 1 aliphatic rings. The van der Waals surface area contributed by atoms with Crippen LogP contribution in [0.3, 0.4) is 0 Å². The number of rotatable bonds is 8. The van der Waals surface area contributed by atoms with Crippen LogP contribution in [0.4, 0.5) is 16.0 Å². The number of aromatic nitrogens is 6. The highest BCUT2D eigenvalue weighted by molar-refractivity contribution is 5.86. The van der Waals surface area contributed by atoms with E-state index in [-0.39, 0.29) is 11.7 Å². The first kappa shape index (κ1) is 24.8. The molecule has 192 valence electrons. The van der Waals surface area contributed by atoms with Gasteiger partial charge in [0.15, 0.2) is 17.5 Å². The lowest BCUT2D eigenvalue weighted by Gasteiger charge is -2.50. The first-order chi connectivity index (χ1) is 17.5. The first-order valence-electron chi connectivity index (χ1n) is 12.2. The summed E-state index contributed by atoms with van der Waals surface area (Å²) in [5.74, 6) is 1.36. The highest BCUT2D eigenvalue weighted by Crippen LogP contribution is 2.55. The van der Waals surface area contributed by atoms with Crippen molar-refractivity contribution in [2.75, 3.05) is 5.32 Å². The van der Waals surface area contributed by atoms with Gasteiger partial charge >= 0.3 is 0 Å². The second-order valence-electron chi connectivity index (χ2n) is 10.5. The van der Waals surface area contributed by atoms with E-state index < -0.39 is 16.8 Å². The van der Waals surface area contributed by atoms with Crippen molar-refractivity contribution in [1.29, 1.82) is 0 Å². The van der Waals surface area contributed by atoms with Crippen LogP contribution in [0.5, 0.6) is 0 Å². The van der Waals surface area contributed by atoms with Crippen molar-refractivity contribution >= 4 is 17.4 Å². The van der Waals surface area contributed by atoms with Crippen LogP contribution in [0.15, 0.2) is 48.9 Å². The Morgan fingerprint density at radius 3 is 2.62 bits per heavy atom. The van der Waals surface area contributed by atoms with Crippen LogP contribution in [0, 0.1) is 25.1 Å². The van der Waals surface area contributed by atoms with Gasteiger partial charge in [0.2, 0.25) is 0 Å². The molecular formula is C27H30FN7O2. The number of pyridine rings is 2. The Hall–Kier alpha value is -3.92. The molecule has 10 heteroatoms. The third-order valence-corrected chi connectivity index (χ3v) is 7.06. The summed E-state index contributed by atoms with van der Waals surface area (Å²) < 4.78 is 14.6. The zero-order valence-corrected chi connectivity index (χ0v) is 21.3. The molecule has 3 N–H and O–H groups in total. The molecule has 5 rings (SSSR count). The molecule has 9 nitrogen and oxygen atoms in total. The number of aromatic amines is 1. The van der Waals surface area contributed by atoms with Gasteiger partial charge in [-0.15, -0.1) is 0 Å². The Morgan fingerprint density at radius 1 is 1.22 bits per heavy atom. The van der Waals surface area contributed by atoms with E-state index in [0.29, 0.717) is 42.4 Å². The van der Waals surface area contributed by atoms with Crippen molar-refractivity contribution in [3.8, 4) is 5.82 Å². The number of hydrogen-bond acceptors (Lipinski definition) is 7. The number of ketones is 1. The van der Waals surface area contributed by atoms with Crippen LogP contribution in [0.25, 0.3) is 5.82 Å². The molecule has 0 aliphatic heterocycles. The summed E-state index contributed by atoms with van der Waals surface area (Å²) in [4.78, 5) is 22.3. The number of carbonyl (C=O) groups excluding carboxylic acids is 1. The molecule has 0 saturated heterocycles. The molecule has 1 atom stereocenters. The standard InChI is InChI=1S/C27H30FN7O2/c1-16-7-21(31-23(8-16)32-24-10-18(3)33-34-24)27(37)14-26(4,15-27)22(36)9-17(2)19-5-6-25(29-11-19)35-13-20(28)12-30-35/h5-8,10-13,17,37H,9,14-15H2,1-4H3,(H2,31,32,33,34)/t17-,26?,27?/m1/s1. The van der Waals surface area contributed by atoms with Gasteiger partial charge in [0, 0.05) is 29.8 Å². The average Bonchev–Trinajstić information content (AvgIpc) is 3.45. The summed E-state index contributed by atoms with van der Waals surface area (Å²) in [5.41, 5.74) is 1.54. The number of halogens is 1. The number of nitrogens with zero attached hydrogens (tertiary/aromatic N) is 5. The average molecular weight is 504 g/mol. The van der Waals surface area contributed by atoms with Gasteiger partial charge in [0.1, 0.15) is 17.2 Å². The van der Waals surface area contributed by atoms with Gasteiger partial charge < -0.3 is 10.4 Å². The maximum absolute atomic E-state index is 13.3. The summed E-state index contributed by atoms with van der Waals surface area (Å²) in [7, 11) is 0. The number of aryl methyl sites for hydroxylation is 2. The molecule has 4 heterocycles. The summed E-state index contributed by atoms with van der Waals surface area (Å²) in [6, 6.07) is 9.27. The molecule has 4 aromatic rings. The summed E-state index contributed by atoms with van der Waals surface area (Å²) in [6.45, 7) is 7.75. The smallest absolute Gasteiger partial charge is 0.161 e. The predicted octanol–water partition coefficient (Wildman–Crippen LogP) is 4.64. The summed E-state index contributed by atoms with van der Waals surface area (Å²) in [5, 5.41) is 25.5. The Kier molecular flexibility index (Phi) is 6.15. The number of Topliss-reactive ketones (excluding diaryl/α,β-unsaturated/α-hetero) is 1. The van der Waals surface area contributed by atoms with Gasteiger partial charge in [-0.25, -0.2) is 19.0 Å². The fourth-order valence-corrected chi connectivity index (χ4v) is 5.09. The van der Waals surface area contributed by atoms with Crippen molar-refractivity contribution in [2.45, 2.75) is 58.5 Å². The number of anilines is 2. The van der Waals surface area contributed by atoms with Crippen LogP contribution in [0.2, 0.25) is 0 Å². The molecule has 37 heavy (non-hydrogen) atoms. The molecular weight excluding hydrogens is 473 g/mol. The van der Waals surface area contributed by atoms with Crippen LogP contribution in [-0.4, -0.2) is 40.8 Å². The highest BCUT2D eigenvalue weighted by atomic mass is 19.1. The van der Waals surface area contributed by atoms with Crippen LogP contribution < -0.4 is 5.32 Å². The molecule has 0 bridgehead atoms. The van der Waals surface area contributed by atoms with Gasteiger partial charge in [-0.2, -0.15) is 10.2 Å². The van der Waals surface area contributed by atoms with Gasteiger partial charge in [0.25, 0.3) is 0 Å². The normalized spacial score (nSPS) is 21.9. The number of hydrogen-bond donors (Lipinski definition) is 3. The number of carbonyl (C=O) groups is 1. The molecule has 1 fully saturated rings. The fraction of sp³-hybridized carbons (Fsp3) is 0.370. The molecule has 0 spiro atoms. The Labute approximate surface area is 214 Å². The Morgan fingerprint density at radius 2 is 2.00 bits per heavy atom. The zero-order chi connectivity index (χ0) is 26.4. The van der Waals surface area contributed by atoms with Gasteiger partial charge in [-0.05, 0) is 61.9 Å². The maximum Gasteiger partial charge on any atom is 0.161 e. The quantitative estimate of drug-likeness (QED) is 0.320. The van der Waals surface area contributed by atoms with Crippen LogP contribution >= 0.6 is 0 Å². The van der Waals surface area contributed by atoms with Crippen molar-refractivity contribution in [2.24, 2.45) is 5.41 Å². The number of nitrogens with one attached hydrogen (secondary N) is 2. The van der Waals surface area contributed by atoms with Crippen molar-refractivity contribution in [3.63, 3.8) is 0 Å². The van der Waals surface area contributed by atoms with E-state index in [2.05, 4.69) is 30.6 Å². The molecule has 1 saturated carbocycles. The molecule has 0 aromatic carbocycles. The van der Waals surface area contributed by atoms with Crippen molar-refractivity contribution in [3.05, 3.63) is 77.3 Å². The Bertz CT molecular complexity index is 1440. The highest BCUT2D eigenvalue weighted by Gasteiger charge is 2.56. The van der Waals surface area contributed by atoms with Crippen molar-refractivity contribution < 1.29 is 14.3 Å². The largest absolute Gasteiger partial charge is 0.383 e. The van der Waals surface area contributed by atoms with E-state index in [1.54, 1.807) is 12.3 Å². The van der Waals surface area contributed by atoms with E-state index in [1.165, 1.54) is 10.9 Å². The second-order valence-corrected chi connectivity index (χ2v) is 10.5. The first-order valence-corrected chi connectivity index (χ1v) is 12.2. The molecule has 0 unspecified atom stereocenters. The van der Waals surface area contributed by atoms with Crippen LogP contribution in [-0.2, 0) is 10.4 Å². The summed E-state index contributed by atoms with van der Waals surface area (Å²) >= 11 is 0. The lowest BCUT2D eigenvalue weighted by atomic mass is 9.56. The Balaban J connectivity index is 1.24. The topological polar surface area (TPSA) is 122 Å². The number of H-pyrrole nitrogens is 1. The van der Waals surface area contributed by atoms with Crippen molar-refractivity contribution in [1.82, 2.24) is 29.9 Å². The van der Waals surface area contributed by atoms with E-state index in [9.17, 15) is 14.3 Å². The fourth-order valence-electron chi connectivity index (χ4n) is 5.09. The van der Waals surface area contributed by atoms with Gasteiger partial charge in [0.05, 0.1) is 18.1 Å². The van der Waals surface area contributed by atoms with E-state index in [1.807, 2.05) is 52.0 Å². The maximum atomic E-state index is 13.3. The molecule has 1 aliphatic carbocycles. The minimum Gasteiger partial charge on any atom is -0.383 e. The predicted molar refractivity (Wildman–Crippen MR) is 136 cm³/mol. The van der Waals surface area contributed by atoms with Gasteiger partial charge in [-0.1, -0.05) is 19.9 Å². The number of aliphatic hydroxyl groups is 1. The molecule has 0 amide bonds. The van der Waals surface area contributed by atoms with Gasteiger partial charge in [-0.3, -0.25) is 9.89 Å². The van der Waals surface area contributed by atoms with E-state index in [0.717, 1.165) is 23.0 Å². The third-order valence-electron chi connectivity index (χ3n) is 7.06. The molecule has 4 aromatic heterocycles. The third kappa shape index (κ3) is 5.01. The molecule has 0 radical (unpaired) electrons. The van der Waals surface area contributed by atoms with E-state index >= 15 is 0 Å². The monoisotopic (exact) mass is 503 g/mol. The minimum atomic E-state index is -1.17. The minimum absolute atomic E-state index is 0.0564.